The van der Waals surface area contributed by atoms with Crippen LogP contribution in [0.1, 0.15) is 26.7 Å². The van der Waals surface area contributed by atoms with Crippen LogP contribution in [-0.2, 0) is 19.7 Å². The van der Waals surface area contributed by atoms with Crippen molar-refractivity contribution in [3.05, 3.63) is 0 Å². The smallest absolute Gasteiger partial charge is 0.155 e. The van der Waals surface area contributed by atoms with Crippen LogP contribution in [0.15, 0.2) is 0 Å². The molecule has 1 aliphatic rings. The number of hydrogen-bond donors (Lipinski definition) is 1. The average molecular weight is 311 g/mol. The lowest BCUT2D eigenvalue weighted by atomic mass is 9.80. The van der Waals surface area contributed by atoms with Crippen molar-refractivity contribution in [3.8, 4) is 0 Å². The van der Waals surface area contributed by atoms with Crippen LogP contribution in [-0.4, -0.2) is 52.9 Å². The van der Waals surface area contributed by atoms with Crippen molar-refractivity contribution >= 4 is 19.7 Å². The summed E-state index contributed by atoms with van der Waals surface area (Å²) in [5.41, 5.74) is 0. The van der Waals surface area contributed by atoms with Gasteiger partial charge in [-0.1, -0.05) is 13.8 Å². The molecular weight excluding hydrogens is 286 g/mol. The molecular formula is C12H25NO4S2. The minimum Gasteiger partial charge on any atom is -0.316 e. The van der Waals surface area contributed by atoms with Crippen molar-refractivity contribution in [1.29, 1.82) is 0 Å². The van der Waals surface area contributed by atoms with Gasteiger partial charge in [-0.2, -0.15) is 0 Å². The molecule has 0 aromatic carbocycles. The first kappa shape index (κ1) is 16.9. The Kier molecular flexibility index (Phi) is 5.43. The molecule has 1 aliphatic carbocycles. The van der Waals surface area contributed by atoms with Gasteiger partial charge in [-0.25, -0.2) is 16.8 Å². The predicted octanol–water partition coefficient (Wildman–Crippen LogP) is 0.468. The Morgan fingerprint density at radius 1 is 1.05 bits per heavy atom. The van der Waals surface area contributed by atoms with Gasteiger partial charge in [0.15, 0.2) is 9.84 Å². The van der Waals surface area contributed by atoms with Gasteiger partial charge in [0.05, 0.1) is 16.8 Å². The summed E-state index contributed by atoms with van der Waals surface area (Å²) in [5.74, 6) is -0.00244. The second-order valence-corrected chi connectivity index (χ2v) is 10.4. The summed E-state index contributed by atoms with van der Waals surface area (Å²) in [4.78, 5) is 0. The third-order valence-electron chi connectivity index (χ3n) is 3.91. The van der Waals surface area contributed by atoms with Crippen molar-refractivity contribution in [1.82, 2.24) is 5.32 Å². The van der Waals surface area contributed by atoms with E-state index in [2.05, 4.69) is 12.2 Å². The third-order valence-corrected chi connectivity index (χ3v) is 7.51. The minimum atomic E-state index is -3.39. The average Bonchev–Trinajstić information content (AvgIpc) is 2.24. The summed E-state index contributed by atoms with van der Waals surface area (Å²) in [7, 11) is -4.87. The molecule has 0 amide bonds. The van der Waals surface area contributed by atoms with E-state index in [0.29, 0.717) is 5.92 Å². The monoisotopic (exact) mass is 311 g/mol. The fourth-order valence-electron chi connectivity index (χ4n) is 3.12. The molecule has 0 aliphatic heterocycles. The van der Waals surface area contributed by atoms with Gasteiger partial charge in [0.1, 0.15) is 9.84 Å². The summed E-state index contributed by atoms with van der Waals surface area (Å²) in [6.45, 7) is 4.07. The van der Waals surface area contributed by atoms with Crippen molar-refractivity contribution in [2.45, 2.75) is 38.0 Å². The molecule has 1 N–H and O–H groups in total. The van der Waals surface area contributed by atoms with Gasteiger partial charge in [-0.15, -0.1) is 0 Å². The van der Waals surface area contributed by atoms with Gasteiger partial charge in [0.2, 0.25) is 0 Å². The molecule has 1 saturated carbocycles. The highest BCUT2D eigenvalue weighted by Gasteiger charge is 2.41. The number of hydrogen-bond acceptors (Lipinski definition) is 5. The zero-order chi connectivity index (χ0) is 14.8. The van der Waals surface area contributed by atoms with Crippen molar-refractivity contribution in [2.24, 2.45) is 11.8 Å². The molecule has 1 fully saturated rings. The second-order valence-electron chi connectivity index (χ2n) is 5.91. The van der Waals surface area contributed by atoms with Gasteiger partial charge < -0.3 is 5.32 Å². The van der Waals surface area contributed by atoms with Crippen LogP contribution in [0.25, 0.3) is 0 Å². The summed E-state index contributed by atoms with van der Waals surface area (Å²) in [5, 5.41) is 2.61. The van der Waals surface area contributed by atoms with E-state index in [1.807, 2.05) is 6.92 Å². The highest BCUT2D eigenvalue weighted by atomic mass is 32.2. The number of rotatable bonds is 5. The third kappa shape index (κ3) is 4.72. The van der Waals surface area contributed by atoms with E-state index < -0.39 is 24.9 Å². The first-order valence-electron chi connectivity index (χ1n) is 6.63. The summed E-state index contributed by atoms with van der Waals surface area (Å²) >= 11 is 0. The maximum absolute atomic E-state index is 12.4. The van der Waals surface area contributed by atoms with Crippen LogP contribution in [0.3, 0.4) is 0 Å². The predicted molar refractivity (Wildman–Crippen MR) is 77.7 cm³/mol. The standard InChI is InChI=1S/C12H25NO4S2/c1-9-7-10(2)12(11(8-9)13-3)19(16,17)6-5-18(4,14)15/h9-13H,5-8H2,1-4H3. The van der Waals surface area contributed by atoms with Gasteiger partial charge in [-0.3, -0.25) is 0 Å². The lowest BCUT2D eigenvalue weighted by Gasteiger charge is -2.39. The highest BCUT2D eigenvalue weighted by molar-refractivity contribution is 7.95. The van der Waals surface area contributed by atoms with Crippen LogP contribution in [0.4, 0.5) is 0 Å². The van der Waals surface area contributed by atoms with Crippen LogP contribution >= 0.6 is 0 Å². The molecule has 19 heavy (non-hydrogen) atoms. The number of nitrogens with one attached hydrogen (secondary N) is 1. The fraction of sp³-hybridized carbons (Fsp3) is 1.00. The fourth-order valence-corrected chi connectivity index (χ4v) is 7.10. The zero-order valence-corrected chi connectivity index (χ0v) is 13.7. The SMILES string of the molecule is CNC1CC(C)CC(C)C1S(=O)(=O)CCS(C)(=O)=O. The van der Waals surface area contributed by atoms with Gasteiger partial charge in [-0.05, 0) is 31.7 Å². The van der Waals surface area contributed by atoms with Crippen molar-refractivity contribution in [2.75, 3.05) is 24.8 Å². The maximum Gasteiger partial charge on any atom is 0.155 e. The summed E-state index contributed by atoms with van der Waals surface area (Å²) in [6, 6.07) is -0.0803. The largest absolute Gasteiger partial charge is 0.316 e. The highest BCUT2D eigenvalue weighted by Crippen LogP contribution is 2.33. The van der Waals surface area contributed by atoms with Crippen LogP contribution < -0.4 is 5.32 Å². The maximum atomic E-state index is 12.4. The molecule has 4 unspecified atom stereocenters. The molecule has 0 heterocycles. The molecule has 1 rings (SSSR count). The Labute approximate surface area is 117 Å². The Bertz CT molecular complexity index is 498. The molecule has 0 bridgehead atoms. The topological polar surface area (TPSA) is 80.3 Å². The van der Waals surface area contributed by atoms with Crippen molar-refractivity contribution < 1.29 is 16.8 Å². The Morgan fingerprint density at radius 3 is 2.11 bits per heavy atom. The molecule has 7 heteroatoms. The van der Waals surface area contributed by atoms with E-state index in [9.17, 15) is 16.8 Å². The van der Waals surface area contributed by atoms with E-state index in [-0.39, 0.29) is 23.5 Å². The molecule has 0 aromatic heterocycles. The molecule has 114 valence electrons. The first-order chi connectivity index (χ1) is 8.57. The van der Waals surface area contributed by atoms with E-state index >= 15 is 0 Å². The Hall–Kier alpha value is -0.140. The zero-order valence-electron chi connectivity index (χ0n) is 12.1. The lowest BCUT2D eigenvalue weighted by molar-refractivity contribution is 0.249. The molecule has 5 nitrogen and oxygen atoms in total. The normalized spacial score (nSPS) is 33.3. The summed E-state index contributed by atoms with van der Waals surface area (Å²) in [6.07, 6.45) is 2.77. The van der Waals surface area contributed by atoms with Crippen LogP contribution in [0, 0.1) is 11.8 Å². The quantitative estimate of drug-likeness (QED) is 0.798. The molecule has 0 radical (unpaired) electrons. The minimum absolute atomic E-state index is 0.0609. The van der Waals surface area contributed by atoms with Crippen molar-refractivity contribution in [3.63, 3.8) is 0 Å². The van der Waals surface area contributed by atoms with Crippen LogP contribution in [0.5, 0.6) is 0 Å². The van der Waals surface area contributed by atoms with E-state index in [0.717, 1.165) is 19.1 Å². The van der Waals surface area contributed by atoms with E-state index in [4.69, 9.17) is 0 Å². The molecule has 0 aromatic rings. The number of sulfone groups is 2. The molecule has 0 saturated heterocycles. The lowest BCUT2D eigenvalue weighted by Crippen LogP contribution is -2.51. The van der Waals surface area contributed by atoms with Gasteiger partial charge in [0, 0.05) is 12.3 Å². The Morgan fingerprint density at radius 2 is 1.63 bits per heavy atom. The van der Waals surface area contributed by atoms with E-state index in [1.54, 1.807) is 7.05 Å². The van der Waals surface area contributed by atoms with Crippen LogP contribution in [0.2, 0.25) is 0 Å². The first-order valence-corrected chi connectivity index (χ1v) is 10.4. The molecule has 4 atom stereocenters. The second kappa shape index (κ2) is 6.10. The van der Waals surface area contributed by atoms with Gasteiger partial charge >= 0.3 is 0 Å². The van der Waals surface area contributed by atoms with Gasteiger partial charge in [0.25, 0.3) is 0 Å². The Balaban J connectivity index is 2.91. The summed E-state index contributed by atoms with van der Waals surface area (Å²) < 4.78 is 47.2. The molecule has 0 spiro atoms. The van der Waals surface area contributed by atoms with E-state index in [1.165, 1.54) is 0 Å².